The molecule has 0 saturated heterocycles. The first kappa shape index (κ1) is 14.2. The third kappa shape index (κ3) is 3.02. The van der Waals surface area contributed by atoms with E-state index in [2.05, 4.69) is 31.3 Å². The maximum Gasteiger partial charge on any atom is 0.335 e. The zero-order valence-electron chi connectivity index (χ0n) is 10.4. The molecule has 1 amide bonds. The van der Waals surface area contributed by atoms with Crippen LogP contribution in [0.5, 0.6) is 0 Å². The Hall–Kier alpha value is -2.22. The number of aromatic carboxylic acids is 1. The smallest absolute Gasteiger partial charge is 0.335 e. The summed E-state index contributed by atoms with van der Waals surface area (Å²) in [5, 5.41) is 15.5. The van der Waals surface area contributed by atoms with Gasteiger partial charge in [0.05, 0.1) is 11.3 Å². The number of carboxylic acids is 1. The van der Waals surface area contributed by atoms with Crippen molar-refractivity contribution in [2.75, 3.05) is 5.32 Å². The lowest BCUT2D eigenvalue weighted by Crippen LogP contribution is -2.24. The molecule has 0 aliphatic heterocycles. The van der Waals surface area contributed by atoms with E-state index in [4.69, 9.17) is 5.11 Å². The van der Waals surface area contributed by atoms with Gasteiger partial charge in [0.2, 0.25) is 5.91 Å². The first-order chi connectivity index (χ1) is 9.49. The minimum atomic E-state index is -1.06. The van der Waals surface area contributed by atoms with Gasteiger partial charge in [-0.25, -0.2) is 14.5 Å². The molecule has 7 nitrogen and oxygen atoms in total. The largest absolute Gasteiger partial charge is 0.478 e. The van der Waals surface area contributed by atoms with Crippen molar-refractivity contribution >= 4 is 33.5 Å². The number of nitrogens with zero attached hydrogens (tertiary/aromatic N) is 3. The van der Waals surface area contributed by atoms with E-state index in [0.29, 0.717) is 10.2 Å². The van der Waals surface area contributed by atoms with E-state index in [9.17, 15) is 9.59 Å². The Morgan fingerprint density at radius 2 is 2.20 bits per heavy atom. The van der Waals surface area contributed by atoms with Crippen molar-refractivity contribution in [3.63, 3.8) is 0 Å². The van der Waals surface area contributed by atoms with Gasteiger partial charge in [0.15, 0.2) is 0 Å². The third-order valence-electron chi connectivity index (χ3n) is 2.68. The van der Waals surface area contributed by atoms with E-state index >= 15 is 0 Å². The predicted molar refractivity (Wildman–Crippen MR) is 74.5 cm³/mol. The highest BCUT2D eigenvalue weighted by atomic mass is 79.9. The summed E-state index contributed by atoms with van der Waals surface area (Å²) in [6, 6.07) is 3.85. The monoisotopic (exact) mass is 338 g/mol. The van der Waals surface area contributed by atoms with Crippen molar-refractivity contribution in [3.8, 4) is 0 Å². The molecule has 0 aliphatic rings. The Kier molecular flexibility index (Phi) is 4.14. The number of rotatable bonds is 4. The van der Waals surface area contributed by atoms with Gasteiger partial charge < -0.3 is 10.4 Å². The van der Waals surface area contributed by atoms with E-state index in [0.717, 1.165) is 0 Å². The molecule has 1 aromatic carbocycles. The first-order valence-electron chi connectivity index (χ1n) is 5.67. The fourth-order valence-corrected chi connectivity index (χ4v) is 1.87. The van der Waals surface area contributed by atoms with Gasteiger partial charge in [0.25, 0.3) is 0 Å². The van der Waals surface area contributed by atoms with Gasteiger partial charge in [-0.1, -0.05) is 0 Å². The number of hydrogen-bond acceptors (Lipinski definition) is 4. The molecule has 0 saturated carbocycles. The van der Waals surface area contributed by atoms with Crippen molar-refractivity contribution in [2.24, 2.45) is 0 Å². The molecule has 0 spiro atoms. The molecule has 104 valence electrons. The summed E-state index contributed by atoms with van der Waals surface area (Å²) in [6.07, 6.45) is 2.78. The van der Waals surface area contributed by atoms with Crippen molar-refractivity contribution < 1.29 is 14.7 Å². The molecule has 2 aromatic rings. The lowest BCUT2D eigenvalue weighted by atomic mass is 10.2. The molecular weight excluding hydrogens is 328 g/mol. The number of nitrogens with one attached hydrogen (secondary N) is 1. The zero-order valence-corrected chi connectivity index (χ0v) is 12.0. The fourth-order valence-electron chi connectivity index (χ4n) is 1.53. The second kappa shape index (κ2) is 5.83. The molecule has 20 heavy (non-hydrogen) atoms. The molecule has 8 heteroatoms. The molecule has 0 bridgehead atoms. The molecule has 0 aliphatic carbocycles. The minimum Gasteiger partial charge on any atom is -0.478 e. The number of benzene rings is 1. The maximum atomic E-state index is 12.1. The first-order valence-corrected chi connectivity index (χ1v) is 6.46. The van der Waals surface area contributed by atoms with Crippen LogP contribution in [-0.4, -0.2) is 31.7 Å². The van der Waals surface area contributed by atoms with Crippen LogP contribution in [0.1, 0.15) is 23.3 Å². The molecule has 0 radical (unpaired) electrons. The SMILES string of the molecule is CC(C(=O)Nc1cc(C(=O)O)ccc1Br)n1cncn1. The van der Waals surface area contributed by atoms with E-state index in [1.54, 1.807) is 13.0 Å². The summed E-state index contributed by atoms with van der Waals surface area (Å²) in [6.45, 7) is 1.67. The van der Waals surface area contributed by atoms with Gasteiger partial charge in [0.1, 0.15) is 18.7 Å². The number of anilines is 1. The summed E-state index contributed by atoms with van der Waals surface area (Å²) < 4.78 is 2.01. The highest BCUT2D eigenvalue weighted by Crippen LogP contribution is 2.24. The molecule has 2 N–H and O–H groups in total. The van der Waals surface area contributed by atoms with Crippen LogP contribution in [0.15, 0.2) is 35.3 Å². The van der Waals surface area contributed by atoms with E-state index in [-0.39, 0.29) is 11.5 Å². The van der Waals surface area contributed by atoms with Gasteiger partial charge >= 0.3 is 5.97 Å². The normalized spacial score (nSPS) is 11.9. The highest BCUT2D eigenvalue weighted by Gasteiger charge is 2.17. The van der Waals surface area contributed by atoms with Gasteiger partial charge in [-0.2, -0.15) is 5.10 Å². The molecule has 1 aromatic heterocycles. The Morgan fingerprint density at radius 1 is 1.45 bits per heavy atom. The Bertz CT molecular complexity index is 642. The van der Waals surface area contributed by atoms with Crippen molar-refractivity contribution in [1.82, 2.24) is 14.8 Å². The summed E-state index contributed by atoms with van der Waals surface area (Å²) in [5.41, 5.74) is 0.485. The topological polar surface area (TPSA) is 97.1 Å². The standard InChI is InChI=1S/C12H11BrN4O3/c1-7(17-6-14-5-15-17)11(18)16-10-4-8(12(19)20)2-3-9(10)13/h2-7H,1H3,(H,16,18)(H,19,20). The highest BCUT2D eigenvalue weighted by molar-refractivity contribution is 9.10. The summed E-state index contributed by atoms with van der Waals surface area (Å²) in [4.78, 5) is 26.8. The number of carbonyl (C=O) groups excluding carboxylic acids is 1. The summed E-state index contributed by atoms with van der Waals surface area (Å²) in [7, 11) is 0. The summed E-state index contributed by atoms with van der Waals surface area (Å²) in [5.74, 6) is -1.38. The average Bonchev–Trinajstić information content (AvgIpc) is 2.94. The second-order valence-corrected chi connectivity index (χ2v) is 4.89. The van der Waals surface area contributed by atoms with E-state index in [1.807, 2.05) is 0 Å². The van der Waals surface area contributed by atoms with Crippen molar-refractivity contribution in [1.29, 1.82) is 0 Å². The second-order valence-electron chi connectivity index (χ2n) is 4.04. The minimum absolute atomic E-state index is 0.0944. The lowest BCUT2D eigenvalue weighted by molar-refractivity contribution is -0.119. The maximum absolute atomic E-state index is 12.1. The van der Waals surface area contributed by atoms with Crippen LogP contribution in [0.25, 0.3) is 0 Å². The number of amides is 1. The third-order valence-corrected chi connectivity index (χ3v) is 3.38. The lowest BCUT2D eigenvalue weighted by Gasteiger charge is -2.13. The number of carbonyl (C=O) groups is 2. The van der Waals surface area contributed by atoms with Crippen LogP contribution >= 0.6 is 15.9 Å². The van der Waals surface area contributed by atoms with Crippen LogP contribution in [-0.2, 0) is 4.79 Å². The van der Waals surface area contributed by atoms with Crippen LogP contribution in [0, 0.1) is 0 Å². The predicted octanol–water partition coefficient (Wildman–Crippen LogP) is 1.94. The summed E-state index contributed by atoms with van der Waals surface area (Å²) >= 11 is 3.26. The van der Waals surface area contributed by atoms with Gasteiger partial charge in [-0.3, -0.25) is 4.79 Å². The number of halogens is 1. The fraction of sp³-hybridized carbons (Fsp3) is 0.167. The molecule has 2 rings (SSSR count). The van der Waals surface area contributed by atoms with Gasteiger partial charge in [-0.05, 0) is 41.1 Å². The van der Waals surface area contributed by atoms with Gasteiger partial charge in [0, 0.05) is 4.47 Å². The molecule has 1 heterocycles. The Labute approximate surface area is 122 Å². The van der Waals surface area contributed by atoms with E-state index < -0.39 is 12.0 Å². The van der Waals surface area contributed by atoms with Crippen LogP contribution in [0.4, 0.5) is 5.69 Å². The van der Waals surface area contributed by atoms with Gasteiger partial charge in [-0.15, -0.1) is 0 Å². The molecule has 0 fully saturated rings. The number of hydrogen-bond donors (Lipinski definition) is 2. The quantitative estimate of drug-likeness (QED) is 0.887. The molecular formula is C12H11BrN4O3. The van der Waals surface area contributed by atoms with Crippen LogP contribution < -0.4 is 5.32 Å². The Balaban J connectivity index is 2.19. The zero-order chi connectivity index (χ0) is 14.7. The average molecular weight is 339 g/mol. The Morgan fingerprint density at radius 3 is 2.80 bits per heavy atom. The van der Waals surface area contributed by atoms with Crippen LogP contribution in [0.2, 0.25) is 0 Å². The van der Waals surface area contributed by atoms with E-state index in [1.165, 1.54) is 29.5 Å². The van der Waals surface area contributed by atoms with Crippen molar-refractivity contribution in [2.45, 2.75) is 13.0 Å². The molecule has 1 atom stereocenters. The number of aromatic nitrogens is 3. The molecule has 1 unspecified atom stereocenters. The van der Waals surface area contributed by atoms with Crippen LogP contribution in [0.3, 0.4) is 0 Å². The number of carboxylic acid groups (broad SMARTS) is 1. The van der Waals surface area contributed by atoms with Crippen molar-refractivity contribution in [3.05, 3.63) is 40.9 Å².